The Bertz CT molecular complexity index is 1090. The molecule has 2 aliphatic rings. The number of carbonyl (C=O) groups excluding carboxylic acids is 2. The van der Waals surface area contributed by atoms with Gasteiger partial charge in [-0.05, 0) is 10.8 Å². The molecule has 4 rings (SSSR count). The fourth-order valence-electron chi connectivity index (χ4n) is 3.25. The van der Waals surface area contributed by atoms with Crippen LogP contribution < -0.4 is 5.32 Å². The van der Waals surface area contributed by atoms with Crippen LogP contribution in [0.5, 0.6) is 0 Å². The number of hydrogen-bond donors (Lipinski definition) is 2. The van der Waals surface area contributed by atoms with Crippen LogP contribution in [0.3, 0.4) is 0 Å². The van der Waals surface area contributed by atoms with Crippen molar-refractivity contribution in [2.75, 3.05) is 24.4 Å². The van der Waals surface area contributed by atoms with Crippen LogP contribution in [0.4, 0.5) is 0 Å². The van der Waals surface area contributed by atoms with Gasteiger partial charge in [0.25, 0.3) is 16.9 Å². The maximum atomic E-state index is 13.1. The molecule has 0 aromatic carbocycles. The number of rotatable bonds is 10. The molecule has 0 radical (unpaired) electrons. The van der Waals surface area contributed by atoms with Crippen LogP contribution in [0.15, 0.2) is 27.2 Å². The fraction of sp³-hybridized carbons (Fsp3) is 0.500. The molecule has 0 saturated carbocycles. The van der Waals surface area contributed by atoms with E-state index in [0.29, 0.717) is 28.3 Å². The molecule has 0 aliphatic carbocycles. The predicted molar refractivity (Wildman–Crippen MR) is 116 cm³/mol. The molecule has 1 unspecified atom stereocenters. The van der Waals surface area contributed by atoms with E-state index in [0.717, 1.165) is 4.90 Å². The molecular formula is C16H18N8O6S3. The number of nitrogens with zero attached hydrogens (tertiary/aromatic N) is 7. The summed E-state index contributed by atoms with van der Waals surface area (Å²) in [5.41, 5.74) is -1.23. The van der Waals surface area contributed by atoms with Crippen molar-refractivity contribution in [1.82, 2.24) is 40.6 Å². The van der Waals surface area contributed by atoms with Gasteiger partial charge in [0, 0.05) is 25.5 Å². The number of nitrogens with one attached hydrogen (secondary N) is 1. The first-order chi connectivity index (χ1) is 15.9. The second kappa shape index (κ2) is 9.70. The van der Waals surface area contributed by atoms with Gasteiger partial charge in [-0.3, -0.25) is 14.5 Å². The topological polar surface area (TPSA) is 178 Å². The van der Waals surface area contributed by atoms with Crippen LogP contribution in [0.1, 0.15) is 5.89 Å². The van der Waals surface area contributed by atoms with Gasteiger partial charge in [0.2, 0.25) is 11.8 Å². The monoisotopic (exact) mass is 514 g/mol. The molecule has 1 fully saturated rings. The minimum Gasteiger partial charge on any atom is -0.477 e. The number of fused-ring (bicyclic) bond motifs is 1. The number of β-lactam (4-membered cyclic amide) rings is 1. The molecule has 2 aromatic heterocycles. The van der Waals surface area contributed by atoms with Crippen molar-refractivity contribution in [3.05, 3.63) is 23.5 Å². The van der Waals surface area contributed by atoms with E-state index in [1.54, 1.807) is 6.92 Å². The zero-order valence-corrected chi connectivity index (χ0v) is 19.8. The van der Waals surface area contributed by atoms with Crippen LogP contribution in [-0.2, 0) is 25.0 Å². The quantitative estimate of drug-likeness (QED) is 0.237. The summed E-state index contributed by atoms with van der Waals surface area (Å²) in [6, 6.07) is 0. The molecular weight excluding hydrogens is 496 g/mol. The van der Waals surface area contributed by atoms with E-state index >= 15 is 0 Å². The number of aromatic nitrogens is 6. The minimum absolute atomic E-state index is 0.0183. The number of aryl methyl sites for hydroxylation is 1. The van der Waals surface area contributed by atoms with Gasteiger partial charge in [0.1, 0.15) is 16.9 Å². The molecule has 1 saturated heterocycles. The minimum atomic E-state index is -1.64. The normalized spacial score (nSPS) is 22.2. The zero-order chi connectivity index (χ0) is 23.6. The van der Waals surface area contributed by atoms with E-state index in [4.69, 9.17) is 9.15 Å². The van der Waals surface area contributed by atoms with Crippen molar-refractivity contribution in [2.45, 2.75) is 29.1 Å². The summed E-state index contributed by atoms with van der Waals surface area (Å²) < 4.78 is 10.7. The smallest absolute Gasteiger partial charge is 0.352 e. The van der Waals surface area contributed by atoms with Crippen LogP contribution in [-0.4, -0.2) is 93.7 Å². The summed E-state index contributed by atoms with van der Waals surface area (Å²) in [7, 11) is 1.30. The Kier molecular flexibility index (Phi) is 6.91. The largest absolute Gasteiger partial charge is 0.477 e. The number of amides is 2. The Balaban J connectivity index is 1.43. The van der Waals surface area contributed by atoms with Gasteiger partial charge in [0.15, 0.2) is 6.33 Å². The molecule has 2 amide bonds. The highest BCUT2D eigenvalue weighted by Crippen LogP contribution is 2.47. The third kappa shape index (κ3) is 4.57. The number of ether oxygens (including phenoxy) is 1. The van der Waals surface area contributed by atoms with E-state index < -0.39 is 28.9 Å². The molecule has 2 N–H and O–H groups in total. The third-order valence-corrected chi connectivity index (χ3v) is 7.83. The van der Waals surface area contributed by atoms with Crippen molar-refractivity contribution in [1.29, 1.82) is 0 Å². The van der Waals surface area contributed by atoms with E-state index in [2.05, 4.69) is 30.9 Å². The van der Waals surface area contributed by atoms with Crippen molar-refractivity contribution < 1.29 is 28.6 Å². The Morgan fingerprint density at radius 3 is 2.91 bits per heavy atom. The highest BCUT2D eigenvalue weighted by Gasteiger charge is 2.66. The summed E-state index contributed by atoms with van der Waals surface area (Å²) >= 11 is 3.72. The van der Waals surface area contributed by atoms with Gasteiger partial charge in [-0.25, -0.2) is 4.79 Å². The van der Waals surface area contributed by atoms with Crippen molar-refractivity contribution in [2.24, 2.45) is 0 Å². The molecule has 33 heavy (non-hydrogen) atoms. The number of carboxylic acid groups (broad SMARTS) is 1. The second-order valence-electron chi connectivity index (χ2n) is 6.75. The zero-order valence-electron chi connectivity index (χ0n) is 17.3. The number of carboxylic acids is 1. The van der Waals surface area contributed by atoms with Crippen molar-refractivity contribution in [3.63, 3.8) is 0 Å². The molecule has 2 aliphatic heterocycles. The first kappa shape index (κ1) is 23.5. The van der Waals surface area contributed by atoms with Gasteiger partial charge in [0.05, 0.1) is 5.75 Å². The molecule has 2 aromatic rings. The van der Waals surface area contributed by atoms with E-state index in [9.17, 15) is 19.5 Å². The van der Waals surface area contributed by atoms with E-state index in [-0.39, 0.29) is 17.2 Å². The van der Waals surface area contributed by atoms with E-state index in [1.165, 1.54) is 53.5 Å². The lowest BCUT2D eigenvalue weighted by Gasteiger charge is -2.55. The maximum Gasteiger partial charge on any atom is 0.352 e. The fourth-order valence-corrected chi connectivity index (χ4v) is 6.26. The van der Waals surface area contributed by atoms with E-state index in [1.807, 2.05) is 0 Å². The number of hydrogen-bond acceptors (Lipinski definition) is 13. The Hall–Kier alpha value is -2.63. The van der Waals surface area contributed by atoms with Crippen LogP contribution in [0, 0.1) is 6.92 Å². The standard InChI is InChI=1S/C16H18N8O6S3/c1-8-20-21-15(30-8)33-4-9-3-32-14-16(29-2,13(28)24(14)11(9)12(26)27)19-10(25)5-31-7-23-18-6-17-22-23/h6,14H,3-5,7H2,1-2H3,(H,19,25)(H,26,27)/t14?,16-/m0/s1. The lowest BCUT2D eigenvalue weighted by Crippen LogP contribution is -2.80. The average Bonchev–Trinajstić information content (AvgIpc) is 3.46. The number of tetrazole rings is 1. The number of carbonyl (C=O) groups is 3. The Morgan fingerprint density at radius 1 is 1.45 bits per heavy atom. The average molecular weight is 515 g/mol. The first-order valence-electron chi connectivity index (χ1n) is 9.34. The molecule has 17 heteroatoms. The first-order valence-corrected chi connectivity index (χ1v) is 12.5. The third-order valence-electron chi connectivity index (χ3n) is 4.67. The highest BCUT2D eigenvalue weighted by molar-refractivity contribution is 8.01. The van der Waals surface area contributed by atoms with Gasteiger partial charge < -0.3 is 19.6 Å². The lowest BCUT2D eigenvalue weighted by molar-refractivity contribution is -0.192. The van der Waals surface area contributed by atoms with Crippen LogP contribution >= 0.6 is 35.3 Å². The second-order valence-corrected chi connectivity index (χ2v) is 9.70. The SMILES string of the molecule is CO[C@@]1(NC(=O)CSCn2ncnn2)C(=O)N2C(C(=O)O)=C(CSc3nnc(C)o3)CSC21. The summed E-state index contributed by atoms with van der Waals surface area (Å²) in [6.07, 6.45) is 1.28. The van der Waals surface area contributed by atoms with Gasteiger partial charge in [-0.1, -0.05) is 11.8 Å². The molecule has 176 valence electrons. The number of thioether (sulfide) groups is 3. The molecule has 2 atom stereocenters. The molecule has 0 bridgehead atoms. The Morgan fingerprint density at radius 2 is 2.27 bits per heavy atom. The summed E-state index contributed by atoms with van der Waals surface area (Å²) in [5, 5.41) is 30.8. The maximum absolute atomic E-state index is 13.1. The van der Waals surface area contributed by atoms with Crippen LogP contribution in [0.2, 0.25) is 0 Å². The lowest BCUT2D eigenvalue weighted by atomic mass is 9.98. The van der Waals surface area contributed by atoms with Crippen molar-refractivity contribution >= 4 is 53.1 Å². The predicted octanol–water partition coefficient (Wildman–Crippen LogP) is -0.440. The summed E-state index contributed by atoms with van der Waals surface area (Å²) in [4.78, 5) is 40.0. The molecule has 14 nitrogen and oxygen atoms in total. The summed E-state index contributed by atoms with van der Waals surface area (Å²) in [5.74, 6) is -1.02. The van der Waals surface area contributed by atoms with Gasteiger partial charge in [-0.15, -0.1) is 43.9 Å². The van der Waals surface area contributed by atoms with Gasteiger partial charge in [-0.2, -0.15) is 4.80 Å². The van der Waals surface area contributed by atoms with Gasteiger partial charge >= 0.3 is 5.97 Å². The summed E-state index contributed by atoms with van der Waals surface area (Å²) in [6.45, 7) is 1.65. The van der Waals surface area contributed by atoms with Crippen molar-refractivity contribution in [3.8, 4) is 0 Å². The number of methoxy groups -OCH3 is 1. The number of aliphatic carboxylic acids is 1. The molecule has 0 spiro atoms. The highest BCUT2D eigenvalue weighted by atomic mass is 32.2. The Labute approximate surface area is 199 Å². The molecule has 4 heterocycles. The van der Waals surface area contributed by atoms with Crippen LogP contribution in [0.25, 0.3) is 0 Å².